The van der Waals surface area contributed by atoms with Crippen molar-refractivity contribution >= 4 is 17.4 Å². The fourth-order valence-electron chi connectivity index (χ4n) is 2.88. The first-order valence-corrected chi connectivity index (χ1v) is 7.98. The van der Waals surface area contributed by atoms with Crippen LogP contribution in [-0.2, 0) is 0 Å². The molecule has 6 heteroatoms. The minimum absolute atomic E-state index is 0.163. The lowest BCUT2D eigenvalue weighted by atomic mass is 10.2. The summed E-state index contributed by atoms with van der Waals surface area (Å²) in [4.78, 5) is 16.6. The van der Waals surface area contributed by atoms with Crippen molar-refractivity contribution in [1.29, 1.82) is 0 Å². The second-order valence-electron chi connectivity index (χ2n) is 5.32. The van der Waals surface area contributed by atoms with Crippen LogP contribution < -0.4 is 4.90 Å². The monoisotopic (exact) mass is 293 g/mol. The molecule has 1 atom stereocenters. The molecule has 0 aromatic heterocycles. The van der Waals surface area contributed by atoms with Crippen molar-refractivity contribution in [2.45, 2.75) is 23.1 Å². The molecular formula is C14H19N3O2S. The first-order chi connectivity index (χ1) is 9.74. The summed E-state index contributed by atoms with van der Waals surface area (Å²) in [5, 5.41) is 10.6. The Labute approximate surface area is 123 Å². The lowest BCUT2D eigenvalue weighted by molar-refractivity contribution is -0.492. The standard InChI is InChI=1S/C14H19N3O2S/c18-17(19)14-11-16(10-9-15-7-3-4-8-15)12-5-1-2-6-13(12)20-14/h1-2,5-6,14H,3-4,7-11H2. The minimum Gasteiger partial charge on any atom is -0.361 e. The number of nitro groups is 1. The summed E-state index contributed by atoms with van der Waals surface area (Å²) in [5.41, 5.74) is 1.15. The number of nitrogens with zero attached hydrogens (tertiary/aromatic N) is 3. The molecule has 0 amide bonds. The molecule has 3 rings (SSSR count). The van der Waals surface area contributed by atoms with E-state index in [0.717, 1.165) is 23.7 Å². The van der Waals surface area contributed by atoms with Crippen molar-refractivity contribution in [2.75, 3.05) is 37.6 Å². The van der Waals surface area contributed by atoms with E-state index in [4.69, 9.17) is 0 Å². The molecule has 2 heterocycles. The molecule has 1 aromatic rings. The van der Waals surface area contributed by atoms with Crippen molar-refractivity contribution in [2.24, 2.45) is 0 Å². The van der Waals surface area contributed by atoms with Gasteiger partial charge in [0.25, 0.3) is 5.37 Å². The quantitative estimate of drug-likeness (QED) is 0.630. The molecule has 20 heavy (non-hydrogen) atoms. The maximum atomic E-state index is 11.1. The van der Waals surface area contributed by atoms with Gasteiger partial charge in [-0.2, -0.15) is 0 Å². The largest absolute Gasteiger partial charge is 0.361 e. The Bertz CT molecular complexity index is 491. The molecule has 5 nitrogen and oxygen atoms in total. The summed E-state index contributed by atoms with van der Waals surface area (Å²) in [6.45, 7) is 4.72. The summed E-state index contributed by atoms with van der Waals surface area (Å²) >= 11 is 1.37. The van der Waals surface area contributed by atoms with Crippen LogP contribution >= 0.6 is 11.8 Å². The number of anilines is 1. The smallest absolute Gasteiger partial charge is 0.279 e. The van der Waals surface area contributed by atoms with Crippen LogP contribution in [0, 0.1) is 10.1 Å². The molecule has 1 aromatic carbocycles. The van der Waals surface area contributed by atoms with Crippen molar-refractivity contribution in [3.05, 3.63) is 34.4 Å². The molecule has 1 fully saturated rings. The molecular weight excluding hydrogens is 274 g/mol. The Balaban J connectivity index is 1.72. The van der Waals surface area contributed by atoms with Crippen molar-refractivity contribution in [3.63, 3.8) is 0 Å². The predicted octanol–water partition coefficient (Wildman–Crippen LogP) is 2.30. The summed E-state index contributed by atoms with van der Waals surface area (Å²) in [5.74, 6) is 0. The molecule has 0 N–H and O–H groups in total. The van der Waals surface area contributed by atoms with Crippen molar-refractivity contribution in [1.82, 2.24) is 4.90 Å². The molecule has 0 aliphatic carbocycles. The number of hydrogen-bond acceptors (Lipinski definition) is 5. The van der Waals surface area contributed by atoms with E-state index in [1.54, 1.807) is 0 Å². The van der Waals surface area contributed by atoms with Crippen LogP contribution in [0.3, 0.4) is 0 Å². The lowest BCUT2D eigenvalue weighted by Gasteiger charge is -2.33. The number of rotatable bonds is 4. The molecule has 2 aliphatic heterocycles. The second kappa shape index (κ2) is 6.01. The summed E-state index contributed by atoms with van der Waals surface area (Å²) in [7, 11) is 0. The maximum Gasteiger partial charge on any atom is 0.279 e. The first kappa shape index (κ1) is 13.7. The highest BCUT2D eigenvalue weighted by molar-refractivity contribution is 8.00. The Morgan fingerprint density at radius 2 is 2.00 bits per heavy atom. The van der Waals surface area contributed by atoms with Crippen LogP contribution in [0.25, 0.3) is 0 Å². The zero-order chi connectivity index (χ0) is 13.9. The van der Waals surface area contributed by atoms with Gasteiger partial charge < -0.3 is 9.80 Å². The topological polar surface area (TPSA) is 49.6 Å². The summed E-state index contributed by atoms with van der Waals surface area (Å²) in [6, 6.07) is 8.02. The number of para-hydroxylation sites is 1. The highest BCUT2D eigenvalue weighted by Crippen LogP contribution is 2.38. The minimum atomic E-state index is -0.552. The van der Waals surface area contributed by atoms with Crippen molar-refractivity contribution in [3.8, 4) is 0 Å². The van der Waals surface area contributed by atoms with Crippen LogP contribution in [0.15, 0.2) is 29.2 Å². The molecule has 0 saturated carbocycles. The third-order valence-electron chi connectivity index (χ3n) is 3.97. The molecule has 1 unspecified atom stereocenters. The highest BCUT2D eigenvalue weighted by Gasteiger charge is 2.32. The first-order valence-electron chi connectivity index (χ1n) is 7.10. The van der Waals surface area contributed by atoms with Crippen LogP contribution in [0.2, 0.25) is 0 Å². The van der Waals surface area contributed by atoms with Crippen LogP contribution in [0.4, 0.5) is 5.69 Å². The lowest BCUT2D eigenvalue weighted by Crippen LogP contribution is -2.42. The Hall–Kier alpha value is -1.27. The van der Waals surface area contributed by atoms with E-state index in [2.05, 4.69) is 15.9 Å². The van der Waals surface area contributed by atoms with Crippen LogP contribution in [0.1, 0.15) is 12.8 Å². The van der Waals surface area contributed by atoms with Crippen molar-refractivity contribution < 1.29 is 4.92 Å². The molecule has 1 saturated heterocycles. The Kier molecular flexibility index (Phi) is 4.12. The van der Waals surface area contributed by atoms with E-state index in [1.807, 2.05) is 18.2 Å². The number of thioether (sulfide) groups is 1. The molecule has 0 bridgehead atoms. The molecule has 108 valence electrons. The normalized spacial score (nSPS) is 22.8. The molecule has 0 spiro atoms. The van der Waals surface area contributed by atoms with Gasteiger partial charge >= 0.3 is 0 Å². The highest BCUT2D eigenvalue weighted by atomic mass is 32.2. The second-order valence-corrected chi connectivity index (χ2v) is 6.54. The number of hydrogen-bond donors (Lipinski definition) is 0. The third kappa shape index (κ3) is 2.91. The van der Waals surface area contributed by atoms with Gasteiger partial charge in [-0.15, -0.1) is 0 Å². The third-order valence-corrected chi connectivity index (χ3v) is 5.16. The molecule has 0 radical (unpaired) electrons. The van der Waals surface area contributed by atoms with Gasteiger partial charge in [0.05, 0.1) is 12.2 Å². The average Bonchev–Trinajstić information content (AvgIpc) is 2.97. The Morgan fingerprint density at radius 3 is 2.75 bits per heavy atom. The van der Waals surface area contributed by atoms with E-state index in [1.165, 1.54) is 37.7 Å². The van der Waals surface area contributed by atoms with E-state index < -0.39 is 5.37 Å². The summed E-state index contributed by atoms with van der Waals surface area (Å²) < 4.78 is 0. The SMILES string of the molecule is O=[N+]([O-])C1CN(CCN2CCCC2)c2ccccc2S1. The van der Waals surface area contributed by atoms with Gasteiger partial charge in [-0.05, 0) is 49.8 Å². The van der Waals surface area contributed by atoms with Gasteiger partial charge in [-0.3, -0.25) is 10.1 Å². The van der Waals surface area contributed by atoms with Crippen LogP contribution in [-0.4, -0.2) is 47.9 Å². The van der Waals surface area contributed by atoms with Gasteiger partial charge in [0.1, 0.15) is 0 Å². The maximum absolute atomic E-state index is 11.1. The van der Waals surface area contributed by atoms with E-state index in [-0.39, 0.29) is 4.92 Å². The van der Waals surface area contributed by atoms with Crippen LogP contribution in [0.5, 0.6) is 0 Å². The predicted molar refractivity (Wildman–Crippen MR) is 81.0 cm³/mol. The van der Waals surface area contributed by atoms with Gasteiger partial charge in [0, 0.05) is 22.9 Å². The van der Waals surface area contributed by atoms with Gasteiger partial charge in [0.15, 0.2) is 0 Å². The van der Waals surface area contributed by atoms with E-state index in [0.29, 0.717) is 6.54 Å². The fraction of sp³-hybridized carbons (Fsp3) is 0.571. The number of fused-ring (bicyclic) bond motifs is 1. The fourth-order valence-corrected chi connectivity index (χ4v) is 3.99. The van der Waals surface area contributed by atoms with Gasteiger partial charge in [0.2, 0.25) is 0 Å². The average molecular weight is 293 g/mol. The Morgan fingerprint density at radius 1 is 1.25 bits per heavy atom. The van der Waals surface area contributed by atoms with Gasteiger partial charge in [-0.25, -0.2) is 0 Å². The van der Waals surface area contributed by atoms with E-state index >= 15 is 0 Å². The molecule has 2 aliphatic rings. The zero-order valence-electron chi connectivity index (χ0n) is 11.4. The zero-order valence-corrected chi connectivity index (χ0v) is 12.2. The van der Waals surface area contributed by atoms with E-state index in [9.17, 15) is 10.1 Å². The number of likely N-dealkylation sites (tertiary alicyclic amines) is 1. The summed E-state index contributed by atoms with van der Waals surface area (Å²) in [6.07, 6.45) is 2.56. The van der Waals surface area contributed by atoms with Gasteiger partial charge in [-0.1, -0.05) is 12.1 Å². The number of benzene rings is 1.